The van der Waals surface area contributed by atoms with Crippen LogP contribution in [0.2, 0.25) is 10.0 Å². The summed E-state index contributed by atoms with van der Waals surface area (Å²) in [4.78, 5) is 27.7. The van der Waals surface area contributed by atoms with Crippen molar-refractivity contribution in [2.45, 2.75) is 50.2 Å². The maximum Gasteiger partial charge on any atom is 0.329 e. The zero-order valence-corrected chi connectivity index (χ0v) is 23.9. The summed E-state index contributed by atoms with van der Waals surface area (Å²) >= 11 is 12.3. The Hall–Kier alpha value is -3.27. The third-order valence-electron chi connectivity index (χ3n) is 5.85. The van der Waals surface area contributed by atoms with E-state index in [1.54, 1.807) is 45.0 Å². The van der Waals surface area contributed by atoms with Crippen LogP contribution in [0.5, 0.6) is 11.5 Å². The van der Waals surface area contributed by atoms with E-state index >= 15 is 0 Å². The van der Waals surface area contributed by atoms with Crippen molar-refractivity contribution >= 4 is 50.8 Å². The summed E-state index contributed by atoms with van der Waals surface area (Å²) < 4.78 is 40.2. The van der Waals surface area contributed by atoms with Crippen LogP contribution in [0, 0.1) is 0 Å². The molecular weight excluding hydrogens is 563 g/mol. The minimum absolute atomic E-state index is 0.0280. The van der Waals surface area contributed by atoms with Crippen LogP contribution in [-0.4, -0.2) is 43.4 Å². The summed E-state index contributed by atoms with van der Waals surface area (Å²) in [6, 6.07) is 16.2. The van der Waals surface area contributed by atoms with E-state index in [0.29, 0.717) is 35.9 Å². The Balaban J connectivity index is 1.55. The lowest BCUT2D eigenvalue weighted by Crippen LogP contribution is -2.43. The van der Waals surface area contributed by atoms with Crippen LogP contribution < -0.4 is 9.46 Å². The number of carbonyl (C=O) groups excluding carboxylic acids is 2. The first-order chi connectivity index (χ1) is 18.3. The molecule has 0 saturated carbocycles. The van der Waals surface area contributed by atoms with Gasteiger partial charge in [0.15, 0.2) is 0 Å². The Labute approximate surface area is 237 Å². The van der Waals surface area contributed by atoms with Gasteiger partial charge in [-0.05, 0) is 88.2 Å². The second kappa shape index (κ2) is 11.5. The molecule has 1 aliphatic rings. The molecule has 4 rings (SSSR count). The molecule has 1 amide bonds. The van der Waals surface area contributed by atoms with Gasteiger partial charge in [0.1, 0.15) is 23.1 Å². The highest BCUT2D eigenvalue weighted by Crippen LogP contribution is 2.31. The van der Waals surface area contributed by atoms with Crippen molar-refractivity contribution in [2.24, 2.45) is 0 Å². The van der Waals surface area contributed by atoms with E-state index in [1.807, 2.05) is 0 Å². The summed E-state index contributed by atoms with van der Waals surface area (Å²) in [6.07, 6.45) is 1.06. The fourth-order valence-electron chi connectivity index (χ4n) is 4.11. The number of anilines is 1. The monoisotopic (exact) mass is 590 g/mol. The molecule has 3 aromatic carbocycles. The van der Waals surface area contributed by atoms with E-state index in [2.05, 4.69) is 4.72 Å². The molecule has 3 aromatic rings. The van der Waals surface area contributed by atoms with Gasteiger partial charge in [-0.2, -0.15) is 0 Å². The van der Waals surface area contributed by atoms with Gasteiger partial charge < -0.3 is 14.4 Å². The molecule has 0 aliphatic carbocycles. The van der Waals surface area contributed by atoms with Crippen LogP contribution in [0.4, 0.5) is 5.69 Å². The second-order valence-corrected chi connectivity index (χ2v) is 12.5. The predicted molar refractivity (Wildman–Crippen MR) is 150 cm³/mol. The number of sulfonamides is 1. The number of rotatable bonds is 7. The highest BCUT2D eigenvalue weighted by molar-refractivity contribution is 7.92. The molecule has 0 radical (unpaired) electrons. The summed E-state index contributed by atoms with van der Waals surface area (Å²) in [6.45, 7) is 5.59. The largest absolute Gasteiger partial charge is 0.458 e. The molecule has 0 spiro atoms. The highest BCUT2D eigenvalue weighted by atomic mass is 35.5. The first-order valence-corrected chi connectivity index (χ1v) is 14.5. The van der Waals surface area contributed by atoms with Gasteiger partial charge in [0.25, 0.3) is 15.9 Å². The van der Waals surface area contributed by atoms with E-state index in [-0.39, 0.29) is 21.2 Å². The zero-order valence-electron chi connectivity index (χ0n) is 21.6. The predicted octanol–water partition coefficient (Wildman–Crippen LogP) is 6.53. The average molecular weight is 592 g/mol. The van der Waals surface area contributed by atoms with Crippen molar-refractivity contribution in [3.63, 3.8) is 0 Å². The van der Waals surface area contributed by atoms with Crippen molar-refractivity contribution in [1.29, 1.82) is 0 Å². The topological polar surface area (TPSA) is 102 Å². The van der Waals surface area contributed by atoms with Crippen molar-refractivity contribution in [3.05, 3.63) is 82.3 Å². The molecule has 1 N–H and O–H groups in total. The minimum atomic E-state index is -4.09. The summed E-state index contributed by atoms with van der Waals surface area (Å²) in [5.74, 6) is -0.195. The number of hydrogen-bond acceptors (Lipinski definition) is 6. The van der Waals surface area contributed by atoms with Crippen LogP contribution in [0.15, 0.2) is 71.6 Å². The van der Waals surface area contributed by atoms with E-state index in [1.165, 1.54) is 47.4 Å². The van der Waals surface area contributed by atoms with Crippen LogP contribution in [0.3, 0.4) is 0 Å². The van der Waals surface area contributed by atoms with Crippen LogP contribution in [0.25, 0.3) is 0 Å². The lowest BCUT2D eigenvalue weighted by Gasteiger charge is -2.28. The molecule has 0 bridgehead atoms. The molecule has 206 valence electrons. The van der Waals surface area contributed by atoms with Crippen molar-refractivity contribution in [2.75, 3.05) is 11.3 Å². The Kier molecular flexibility index (Phi) is 8.44. The maximum absolute atomic E-state index is 13.6. The molecule has 11 heteroatoms. The highest BCUT2D eigenvalue weighted by Gasteiger charge is 2.38. The fraction of sp³-hybridized carbons (Fsp3) is 0.286. The van der Waals surface area contributed by atoms with Gasteiger partial charge >= 0.3 is 5.97 Å². The first-order valence-electron chi connectivity index (χ1n) is 12.2. The van der Waals surface area contributed by atoms with Gasteiger partial charge in [-0.1, -0.05) is 35.3 Å². The quantitative estimate of drug-likeness (QED) is 0.314. The van der Waals surface area contributed by atoms with Gasteiger partial charge in [0, 0.05) is 11.6 Å². The Morgan fingerprint density at radius 1 is 1.00 bits per heavy atom. The molecule has 8 nitrogen and oxygen atoms in total. The Morgan fingerprint density at radius 3 is 2.36 bits per heavy atom. The third-order valence-corrected chi connectivity index (χ3v) is 7.78. The van der Waals surface area contributed by atoms with E-state index < -0.39 is 33.5 Å². The number of amides is 1. The zero-order chi connectivity index (χ0) is 28.4. The molecule has 1 saturated heterocycles. The van der Waals surface area contributed by atoms with E-state index in [4.69, 9.17) is 32.7 Å². The van der Waals surface area contributed by atoms with Crippen LogP contribution >= 0.6 is 23.2 Å². The number of para-hydroxylation sites is 1. The SMILES string of the molecule is CC(C)(C)OC(=O)[C@H]1CCCN1C(=O)c1cc(Cl)ccc1NS(=O)(=O)c1ccc(Oc2ccccc2Cl)cc1. The van der Waals surface area contributed by atoms with Gasteiger partial charge in [-0.25, -0.2) is 13.2 Å². The van der Waals surface area contributed by atoms with Gasteiger partial charge in [0.05, 0.1) is 21.2 Å². The van der Waals surface area contributed by atoms with Gasteiger partial charge in [-0.15, -0.1) is 0 Å². The standard InChI is InChI=1S/C28H28Cl2N2O6S/c1-28(2,3)38-27(34)24-8-6-16-32(24)26(33)21-17-18(29)10-15-23(21)31-39(35,36)20-13-11-19(12-14-20)37-25-9-5-4-7-22(25)30/h4-5,7,9-15,17,24,31H,6,8,16H2,1-3H3/t24-/m1/s1. The van der Waals surface area contributed by atoms with E-state index in [0.717, 1.165) is 0 Å². The third kappa shape index (κ3) is 7.03. The minimum Gasteiger partial charge on any atom is -0.458 e. The number of esters is 1. The number of benzene rings is 3. The van der Waals surface area contributed by atoms with Gasteiger partial charge in [-0.3, -0.25) is 9.52 Å². The lowest BCUT2D eigenvalue weighted by molar-refractivity contribution is -0.159. The molecule has 39 heavy (non-hydrogen) atoms. The summed E-state index contributed by atoms with van der Waals surface area (Å²) in [5.41, 5.74) is -0.644. The molecule has 1 aliphatic heterocycles. The number of halogens is 2. The Morgan fingerprint density at radius 2 is 1.69 bits per heavy atom. The number of nitrogens with zero attached hydrogens (tertiary/aromatic N) is 1. The van der Waals surface area contributed by atoms with Crippen molar-refractivity contribution in [1.82, 2.24) is 4.90 Å². The molecule has 1 atom stereocenters. The maximum atomic E-state index is 13.6. The average Bonchev–Trinajstić information content (AvgIpc) is 3.36. The Bertz CT molecular complexity index is 1490. The number of hydrogen-bond donors (Lipinski definition) is 1. The molecule has 1 heterocycles. The number of nitrogens with one attached hydrogen (secondary N) is 1. The normalized spacial score (nSPS) is 15.6. The van der Waals surface area contributed by atoms with Gasteiger partial charge in [0.2, 0.25) is 0 Å². The second-order valence-electron chi connectivity index (χ2n) is 9.99. The van der Waals surface area contributed by atoms with Crippen molar-refractivity contribution in [3.8, 4) is 11.5 Å². The first kappa shape index (κ1) is 28.7. The summed E-state index contributed by atoms with van der Waals surface area (Å²) in [5, 5.41) is 0.665. The van der Waals surface area contributed by atoms with E-state index in [9.17, 15) is 18.0 Å². The number of likely N-dealkylation sites (tertiary alicyclic amines) is 1. The molecule has 0 unspecified atom stereocenters. The number of carbonyl (C=O) groups is 2. The fourth-order valence-corrected chi connectivity index (χ4v) is 5.53. The van der Waals surface area contributed by atoms with Crippen LogP contribution in [-0.2, 0) is 19.6 Å². The lowest BCUT2D eigenvalue weighted by atomic mass is 10.1. The van der Waals surface area contributed by atoms with Crippen molar-refractivity contribution < 1.29 is 27.5 Å². The molecule has 1 fully saturated rings. The smallest absolute Gasteiger partial charge is 0.329 e. The summed E-state index contributed by atoms with van der Waals surface area (Å²) in [7, 11) is -4.09. The number of ether oxygens (including phenoxy) is 2. The molecular formula is C28H28Cl2N2O6S. The molecule has 0 aromatic heterocycles. The van der Waals surface area contributed by atoms with Crippen LogP contribution in [0.1, 0.15) is 44.0 Å².